The predicted octanol–water partition coefficient (Wildman–Crippen LogP) is 11.8. The summed E-state index contributed by atoms with van der Waals surface area (Å²) >= 11 is 0. The summed E-state index contributed by atoms with van der Waals surface area (Å²) in [6.07, 6.45) is 4.61. The summed E-state index contributed by atoms with van der Waals surface area (Å²) in [5.41, 5.74) is 12.7. The van der Waals surface area contributed by atoms with Crippen molar-refractivity contribution < 1.29 is 4.74 Å². The second kappa shape index (κ2) is 10.4. The van der Waals surface area contributed by atoms with E-state index in [1.54, 1.807) is 0 Å². The number of hydrogen-bond donors (Lipinski definition) is 0. The lowest BCUT2D eigenvalue weighted by atomic mass is 9.76. The maximum Gasteiger partial charge on any atom is 0.178 e. The highest BCUT2D eigenvalue weighted by Crippen LogP contribution is 2.58. The SMILES string of the molecule is CC1(C)c2ccccc2-c2c1c1c(c3ccccc23)OC(c2ccccc2)(c2ccc(-c3ccc(-c4ccccc4)cc3)cc2)C=C1. The molecule has 0 saturated heterocycles. The van der Waals surface area contributed by atoms with Gasteiger partial charge in [-0.3, -0.25) is 0 Å². The molecule has 1 heteroatoms. The van der Waals surface area contributed by atoms with E-state index in [1.165, 1.54) is 55.5 Å². The van der Waals surface area contributed by atoms with Gasteiger partial charge in [0.2, 0.25) is 0 Å². The number of rotatable bonds is 4. The fourth-order valence-corrected chi connectivity index (χ4v) is 7.96. The van der Waals surface area contributed by atoms with Crippen molar-refractivity contribution in [1.82, 2.24) is 0 Å². The second-order valence-corrected chi connectivity index (χ2v) is 13.3. The average molecular weight is 603 g/mol. The van der Waals surface area contributed by atoms with E-state index < -0.39 is 5.60 Å². The lowest BCUT2D eigenvalue weighted by Crippen LogP contribution is -2.35. The van der Waals surface area contributed by atoms with E-state index in [0.717, 1.165) is 22.3 Å². The Bertz CT molecular complexity index is 2310. The molecule has 47 heavy (non-hydrogen) atoms. The molecule has 1 aliphatic heterocycles. The van der Waals surface area contributed by atoms with Gasteiger partial charge in [0.25, 0.3) is 0 Å². The van der Waals surface area contributed by atoms with Crippen LogP contribution in [0.4, 0.5) is 0 Å². The lowest BCUT2D eigenvalue weighted by molar-refractivity contribution is 0.163. The van der Waals surface area contributed by atoms with Crippen molar-refractivity contribution in [3.8, 4) is 39.1 Å². The molecule has 1 heterocycles. The summed E-state index contributed by atoms with van der Waals surface area (Å²) in [7, 11) is 0. The van der Waals surface area contributed by atoms with E-state index in [0.29, 0.717) is 0 Å². The number of benzene rings is 7. The molecule has 224 valence electrons. The molecule has 0 saturated carbocycles. The molecule has 1 unspecified atom stereocenters. The van der Waals surface area contributed by atoms with Gasteiger partial charge in [-0.1, -0.05) is 178 Å². The predicted molar refractivity (Wildman–Crippen MR) is 196 cm³/mol. The summed E-state index contributed by atoms with van der Waals surface area (Å²) in [5.74, 6) is 0.951. The maximum atomic E-state index is 7.45. The first kappa shape index (κ1) is 27.6. The molecular weight excluding hydrogens is 569 g/mol. The van der Waals surface area contributed by atoms with Crippen LogP contribution in [0.1, 0.15) is 41.7 Å². The van der Waals surface area contributed by atoms with E-state index >= 15 is 0 Å². The van der Waals surface area contributed by atoms with Gasteiger partial charge in [0.15, 0.2) is 5.60 Å². The summed E-state index contributed by atoms with van der Waals surface area (Å²) in [6, 6.07) is 56.6. The average Bonchev–Trinajstić information content (AvgIpc) is 3.39. The van der Waals surface area contributed by atoms with E-state index in [1.807, 2.05) is 0 Å². The van der Waals surface area contributed by atoms with Crippen LogP contribution in [0, 0.1) is 0 Å². The molecule has 0 spiro atoms. The van der Waals surface area contributed by atoms with Crippen LogP contribution in [0.15, 0.2) is 164 Å². The van der Waals surface area contributed by atoms with Gasteiger partial charge in [0.05, 0.1) is 0 Å². The Morgan fingerprint density at radius 3 is 1.66 bits per heavy atom. The molecule has 9 rings (SSSR count). The van der Waals surface area contributed by atoms with Gasteiger partial charge in [-0.05, 0) is 56.0 Å². The van der Waals surface area contributed by atoms with Crippen LogP contribution in [-0.4, -0.2) is 0 Å². The minimum atomic E-state index is -0.781. The standard InChI is InChI=1S/C46H34O/c1-45(2)41-20-12-11-19-39(41)42-37-17-9-10-18-38(37)44-40(43(42)45)29-30-46(47-44,35-15-7-4-8-16-35)36-27-25-34(26-28-36)33-23-21-32(22-24-33)31-13-5-3-6-14-31/h3-30H,1-2H3. The number of fused-ring (bicyclic) bond motifs is 8. The Hall–Kier alpha value is -5.66. The van der Waals surface area contributed by atoms with Gasteiger partial charge in [-0.25, -0.2) is 0 Å². The van der Waals surface area contributed by atoms with E-state index in [4.69, 9.17) is 4.74 Å². The molecule has 0 bridgehead atoms. The minimum absolute atomic E-state index is 0.155. The van der Waals surface area contributed by atoms with Crippen LogP contribution >= 0.6 is 0 Å². The van der Waals surface area contributed by atoms with Crippen molar-refractivity contribution in [1.29, 1.82) is 0 Å². The van der Waals surface area contributed by atoms with Crippen LogP contribution in [0.25, 0.3) is 50.2 Å². The Labute approximate surface area is 276 Å². The van der Waals surface area contributed by atoms with Gasteiger partial charge in [0, 0.05) is 27.5 Å². The Balaban J connectivity index is 1.18. The highest BCUT2D eigenvalue weighted by atomic mass is 16.5. The Morgan fingerprint density at radius 2 is 0.979 bits per heavy atom. The highest BCUT2D eigenvalue weighted by Gasteiger charge is 2.44. The fraction of sp³-hybridized carbons (Fsp3) is 0.0870. The van der Waals surface area contributed by atoms with Crippen LogP contribution in [0.5, 0.6) is 5.75 Å². The molecule has 7 aromatic carbocycles. The van der Waals surface area contributed by atoms with Crippen LogP contribution < -0.4 is 4.74 Å². The first-order chi connectivity index (χ1) is 23.0. The molecule has 0 N–H and O–H groups in total. The van der Waals surface area contributed by atoms with Crippen LogP contribution in [0.3, 0.4) is 0 Å². The quantitative estimate of drug-likeness (QED) is 0.195. The largest absolute Gasteiger partial charge is 0.472 e. The van der Waals surface area contributed by atoms with Crippen molar-refractivity contribution in [3.63, 3.8) is 0 Å². The third-order valence-corrected chi connectivity index (χ3v) is 10.3. The summed E-state index contributed by atoms with van der Waals surface area (Å²) < 4.78 is 7.45. The minimum Gasteiger partial charge on any atom is -0.472 e. The molecule has 0 fully saturated rings. The molecule has 1 nitrogen and oxygen atoms in total. The third-order valence-electron chi connectivity index (χ3n) is 10.3. The maximum absolute atomic E-state index is 7.45. The first-order valence-corrected chi connectivity index (χ1v) is 16.4. The van der Waals surface area contributed by atoms with E-state index in [9.17, 15) is 0 Å². The topological polar surface area (TPSA) is 9.23 Å². The number of hydrogen-bond acceptors (Lipinski definition) is 1. The van der Waals surface area contributed by atoms with Crippen LogP contribution in [0.2, 0.25) is 0 Å². The third kappa shape index (κ3) is 4.16. The van der Waals surface area contributed by atoms with Crippen LogP contribution in [-0.2, 0) is 11.0 Å². The smallest absolute Gasteiger partial charge is 0.178 e. The van der Waals surface area contributed by atoms with Gasteiger partial charge in [-0.15, -0.1) is 0 Å². The molecule has 0 radical (unpaired) electrons. The molecule has 0 amide bonds. The molecule has 1 atom stereocenters. The lowest BCUT2D eigenvalue weighted by Gasteiger charge is -2.38. The van der Waals surface area contributed by atoms with Crippen molar-refractivity contribution in [2.24, 2.45) is 0 Å². The van der Waals surface area contributed by atoms with Crippen molar-refractivity contribution in [2.45, 2.75) is 24.9 Å². The molecule has 0 aromatic heterocycles. The van der Waals surface area contributed by atoms with Crippen molar-refractivity contribution >= 4 is 16.8 Å². The zero-order valence-corrected chi connectivity index (χ0v) is 26.6. The summed E-state index contributed by atoms with van der Waals surface area (Å²) in [5, 5.41) is 2.39. The summed E-state index contributed by atoms with van der Waals surface area (Å²) in [6.45, 7) is 4.70. The highest BCUT2D eigenvalue weighted by molar-refractivity contribution is 6.08. The Kier molecular flexibility index (Phi) is 6.14. The van der Waals surface area contributed by atoms with E-state index in [-0.39, 0.29) is 5.41 Å². The monoisotopic (exact) mass is 602 g/mol. The second-order valence-electron chi connectivity index (χ2n) is 13.3. The van der Waals surface area contributed by atoms with E-state index in [2.05, 4.69) is 184 Å². The molecule has 1 aliphatic carbocycles. The molecule has 7 aromatic rings. The normalized spacial score (nSPS) is 17.1. The zero-order chi connectivity index (χ0) is 31.6. The summed E-state index contributed by atoms with van der Waals surface area (Å²) in [4.78, 5) is 0. The zero-order valence-electron chi connectivity index (χ0n) is 26.6. The first-order valence-electron chi connectivity index (χ1n) is 16.4. The number of ether oxygens (including phenoxy) is 1. The van der Waals surface area contributed by atoms with Crippen molar-refractivity contribution in [3.05, 3.63) is 192 Å². The molecule has 2 aliphatic rings. The van der Waals surface area contributed by atoms with Gasteiger partial charge in [-0.2, -0.15) is 0 Å². The van der Waals surface area contributed by atoms with Gasteiger partial charge in [0.1, 0.15) is 5.75 Å². The van der Waals surface area contributed by atoms with Gasteiger partial charge >= 0.3 is 0 Å². The fourth-order valence-electron chi connectivity index (χ4n) is 7.96. The molecular formula is C46H34O. The van der Waals surface area contributed by atoms with Gasteiger partial charge < -0.3 is 4.74 Å². The van der Waals surface area contributed by atoms with Crippen molar-refractivity contribution in [2.75, 3.05) is 0 Å². The Morgan fingerprint density at radius 1 is 0.468 bits per heavy atom.